The summed E-state index contributed by atoms with van der Waals surface area (Å²) in [5.74, 6) is -0.378. The quantitative estimate of drug-likeness (QED) is 0.454. The zero-order valence-electron chi connectivity index (χ0n) is 18.0. The summed E-state index contributed by atoms with van der Waals surface area (Å²) < 4.78 is 41.4. The molecule has 3 aromatic heterocycles. The van der Waals surface area contributed by atoms with Crippen molar-refractivity contribution in [2.24, 2.45) is 0 Å². The summed E-state index contributed by atoms with van der Waals surface area (Å²) in [5.41, 5.74) is 1.30. The second-order valence-corrected chi connectivity index (χ2v) is 9.69. The number of amides is 1. The van der Waals surface area contributed by atoms with Crippen molar-refractivity contribution in [3.63, 3.8) is 0 Å². The maximum Gasteiger partial charge on any atom is 0.257 e. The number of rotatable bonds is 5. The summed E-state index contributed by atoms with van der Waals surface area (Å²) in [4.78, 5) is 26.3. The van der Waals surface area contributed by atoms with Gasteiger partial charge in [0.25, 0.3) is 5.91 Å². The van der Waals surface area contributed by atoms with Gasteiger partial charge in [-0.05, 0) is 42.5 Å². The molecule has 2 N–H and O–H groups in total. The fourth-order valence-electron chi connectivity index (χ4n) is 3.97. The van der Waals surface area contributed by atoms with Gasteiger partial charge in [-0.15, -0.1) is 0 Å². The van der Waals surface area contributed by atoms with Crippen LogP contribution in [0.15, 0.2) is 72.0 Å². The lowest BCUT2D eigenvalue weighted by atomic mass is 10.2. The number of halogens is 1. The highest BCUT2D eigenvalue weighted by Gasteiger charge is 2.32. The van der Waals surface area contributed by atoms with E-state index in [4.69, 9.17) is 0 Å². The Kier molecular flexibility index (Phi) is 5.72. The Bertz CT molecular complexity index is 1460. The third kappa shape index (κ3) is 4.11. The number of carbonyl (C=O) groups is 1. The number of nitrogens with zero attached hydrogens (tertiary/aromatic N) is 4. The van der Waals surface area contributed by atoms with Gasteiger partial charge < -0.3 is 15.2 Å². The number of aromatic nitrogens is 3. The molecule has 0 bridgehead atoms. The van der Waals surface area contributed by atoms with Crippen molar-refractivity contribution in [2.75, 3.05) is 31.5 Å². The lowest BCUT2D eigenvalue weighted by molar-refractivity contribution is 0.0698. The SMILES string of the molecule is O=C(c1cccnc1Nc1cccc(F)c1)N1CCN(S(=O)(=O)c2c[nH]c3ncccc23)CC1. The highest BCUT2D eigenvalue weighted by molar-refractivity contribution is 7.89. The number of carbonyl (C=O) groups excluding carboxylic acids is 1. The molecule has 1 saturated heterocycles. The van der Waals surface area contributed by atoms with E-state index in [9.17, 15) is 17.6 Å². The smallest absolute Gasteiger partial charge is 0.257 e. The second-order valence-electron chi connectivity index (χ2n) is 7.78. The van der Waals surface area contributed by atoms with Crippen LogP contribution in [0.2, 0.25) is 0 Å². The van der Waals surface area contributed by atoms with Gasteiger partial charge in [0.15, 0.2) is 0 Å². The van der Waals surface area contributed by atoms with Crippen LogP contribution in [-0.4, -0.2) is 64.7 Å². The molecule has 11 heteroatoms. The average molecular weight is 481 g/mol. The van der Waals surface area contributed by atoms with Gasteiger partial charge in [-0.3, -0.25) is 4.79 Å². The molecular formula is C23H21FN6O3S. The van der Waals surface area contributed by atoms with E-state index in [-0.39, 0.29) is 37.0 Å². The summed E-state index contributed by atoms with van der Waals surface area (Å²) in [6.45, 7) is 0.780. The predicted octanol–water partition coefficient (Wildman–Crippen LogP) is 2.99. The Hall–Kier alpha value is -3.83. The van der Waals surface area contributed by atoms with Gasteiger partial charge in [0.1, 0.15) is 22.2 Å². The molecule has 1 fully saturated rings. The maximum absolute atomic E-state index is 13.5. The number of pyridine rings is 2. The number of benzene rings is 1. The van der Waals surface area contributed by atoms with E-state index in [0.717, 1.165) is 0 Å². The Morgan fingerprint density at radius 3 is 2.56 bits per heavy atom. The molecule has 1 aliphatic rings. The molecule has 0 atom stereocenters. The minimum Gasteiger partial charge on any atom is -0.345 e. The van der Waals surface area contributed by atoms with E-state index in [1.807, 2.05) is 0 Å². The lowest BCUT2D eigenvalue weighted by Gasteiger charge is -2.34. The largest absolute Gasteiger partial charge is 0.345 e. The number of anilines is 2. The third-order valence-corrected chi connectivity index (χ3v) is 7.62. The topological polar surface area (TPSA) is 111 Å². The van der Waals surface area contributed by atoms with Gasteiger partial charge in [-0.2, -0.15) is 4.31 Å². The molecule has 34 heavy (non-hydrogen) atoms. The monoisotopic (exact) mass is 480 g/mol. The lowest BCUT2D eigenvalue weighted by Crippen LogP contribution is -2.50. The summed E-state index contributed by atoms with van der Waals surface area (Å²) in [6.07, 6.45) is 4.58. The van der Waals surface area contributed by atoms with Gasteiger partial charge in [0.2, 0.25) is 10.0 Å². The van der Waals surface area contributed by atoms with Crippen molar-refractivity contribution in [3.05, 3.63) is 78.5 Å². The van der Waals surface area contributed by atoms with E-state index in [1.54, 1.807) is 53.7 Å². The van der Waals surface area contributed by atoms with Crippen LogP contribution in [0.1, 0.15) is 10.4 Å². The van der Waals surface area contributed by atoms with Crippen LogP contribution < -0.4 is 5.32 Å². The zero-order valence-corrected chi connectivity index (χ0v) is 18.8. The Morgan fingerprint density at radius 1 is 1.00 bits per heavy atom. The summed E-state index contributed by atoms with van der Waals surface area (Å²) in [5, 5.41) is 3.52. The Labute approximate surface area is 195 Å². The summed E-state index contributed by atoms with van der Waals surface area (Å²) in [7, 11) is -3.75. The van der Waals surface area contributed by atoms with Crippen molar-refractivity contribution < 1.29 is 17.6 Å². The number of aromatic amines is 1. The number of nitrogens with one attached hydrogen (secondary N) is 2. The van der Waals surface area contributed by atoms with E-state index >= 15 is 0 Å². The Morgan fingerprint density at radius 2 is 1.76 bits per heavy atom. The van der Waals surface area contributed by atoms with Gasteiger partial charge in [0, 0.05) is 55.8 Å². The minimum absolute atomic E-state index is 0.161. The highest BCUT2D eigenvalue weighted by atomic mass is 32.2. The van der Waals surface area contributed by atoms with Crippen LogP contribution in [0.25, 0.3) is 11.0 Å². The second kappa shape index (κ2) is 8.84. The molecule has 5 rings (SSSR count). The van der Waals surface area contributed by atoms with Gasteiger partial charge in [-0.1, -0.05) is 6.07 Å². The molecule has 0 saturated carbocycles. The predicted molar refractivity (Wildman–Crippen MR) is 125 cm³/mol. The van der Waals surface area contributed by atoms with E-state index in [0.29, 0.717) is 28.1 Å². The molecule has 1 aliphatic heterocycles. The van der Waals surface area contributed by atoms with E-state index in [2.05, 4.69) is 20.3 Å². The third-order valence-electron chi connectivity index (χ3n) is 5.68. The van der Waals surface area contributed by atoms with Gasteiger partial charge in [-0.25, -0.2) is 22.8 Å². The van der Waals surface area contributed by atoms with Crippen LogP contribution in [-0.2, 0) is 10.0 Å². The van der Waals surface area contributed by atoms with Crippen molar-refractivity contribution >= 4 is 38.5 Å². The first-order chi connectivity index (χ1) is 16.4. The standard InChI is InChI=1S/C23H21FN6O3S/c24-16-4-1-5-17(14-16)28-22-19(7-3-9-26-22)23(31)29-10-12-30(13-11-29)34(32,33)20-15-27-21-18(20)6-2-8-25-21/h1-9,14-15H,10-13H2,(H,25,27)(H,26,28). The molecule has 9 nitrogen and oxygen atoms in total. The molecule has 0 radical (unpaired) electrons. The van der Waals surface area contributed by atoms with Gasteiger partial charge in [0.05, 0.1) is 5.56 Å². The number of hydrogen-bond acceptors (Lipinski definition) is 6. The first-order valence-electron chi connectivity index (χ1n) is 10.6. The number of fused-ring (bicyclic) bond motifs is 1. The van der Waals surface area contributed by atoms with Crippen LogP contribution in [0.4, 0.5) is 15.9 Å². The minimum atomic E-state index is -3.75. The number of sulfonamides is 1. The molecule has 4 heterocycles. The van der Waals surface area contributed by atoms with Crippen LogP contribution in [0.5, 0.6) is 0 Å². The molecule has 0 unspecified atom stereocenters. The zero-order chi connectivity index (χ0) is 23.7. The van der Waals surface area contributed by atoms with Crippen molar-refractivity contribution in [3.8, 4) is 0 Å². The number of piperazine rings is 1. The molecule has 0 aliphatic carbocycles. The van der Waals surface area contributed by atoms with Crippen LogP contribution in [0, 0.1) is 5.82 Å². The number of H-pyrrole nitrogens is 1. The molecule has 4 aromatic rings. The fraction of sp³-hybridized carbons (Fsp3) is 0.174. The fourth-order valence-corrected chi connectivity index (χ4v) is 5.54. The van der Waals surface area contributed by atoms with E-state index < -0.39 is 15.8 Å². The van der Waals surface area contributed by atoms with Gasteiger partial charge >= 0.3 is 0 Å². The normalized spacial score (nSPS) is 14.9. The molecule has 174 valence electrons. The molecule has 0 spiro atoms. The number of hydrogen-bond donors (Lipinski definition) is 2. The molecular weight excluding hydrogens is 459 g/mol. The van der Waals surface area contributed by atoms with Crippen LogP contribution >= 0.6 is 0 Å². The Balaban J connectivity index is 1.31. The van der Waals surface area contributed by atoms with Crippen molar-refractivity contribution in [1.29, 1.82) is 0 Å². The average Bonchev–Trinajstić information content (AvgIpc) is 3.29. The highest BCUT2D eigenvalue weighted by Crippen LogP contribution is 2.26. The first kappa shape index (κ1) is 22.0. The van der Waals surface area contributed by atoms with Crippen LogP contribution in [0.3, 0.4) is 0 Å². The molecule has 1 aromatic carbocycles. The first-order valence-corrected chi connectivity index (χ1v) is 12.1. The molecule has 1 amide bonds. The van der Waals surface area contributed by atoms with E-state index in [1.165, 1.54) is 22.6 Å². The van der Waals surface area contributed by atoms with Crippen molar-refractivity contribution in [2.45, 2.75) is 4.90 Å². The summed E-state index contributed by atoms with van der Waals surface area (Å²) >= 11 is 0. The summed E-state index contributed by atoms with van der Waals surface area (Å²) in [6, 6.07) is 12.6. The maximum atomic E-state index is 13.5. The van der Waals surface area contributed by atoms with Crippen molar-refractivity contribution in [1.82, 2.24) is 24.2 Å².